The number of fused-ring (bicyclic) bond motifs is 1. The number of nitrogens with zero attached hydrogens (tertiary/aromatic N) is 4. The number of nitrogens with one attached hydrogen (secondary N) is 1. The monoisotopic (exact) mass is 547 g/mol. The number of rotatable bonds is 12. The lowest BCUT2D eigenvalue weighted by Crippen LogP contribution is -2.45. The van der Waals surface area contributed by atoms with Crippen LogP contribution in [0.4, 0.5) is 4.39 Å². The van der Waals surface area contributed by atoms with Crippen molar-refractivity contribution in [2.45, 2.75) is 39.4 Å². The molecule has 0 aliphatic carbocycles. The Morgan fingerprint density at radius 2 is 1.75 bits per heavy atom. The number of aromatic nitrogens is 3. The van der Waals surface area contributed by atoms with Crippen LogP contribution in [0.5, 0.6) is 11.5 Å². The fraction of sp³-hybridized carbons (Fsp3) is 0.333. The highest BCUT2D eigenvalue weighted by Gasteiger charge is 2.35. The zero-order valence-corrected chi connectivity index (χ0v) is 23.1. The molecular weight excluding hydrogens is 513 g/mol. The summed E-state index contributed by atoms with van der Waals surface area (Å²) in [5.41, 5.74) is 2.45. The van der Waals surface area contributed by atoms with Crippen LogP contribution in [0.15, 0.2) is 66.7 Å². The highest BCUT2D eigenvalue weighted by Crippen LogP contribution is 2.38. The first-order valence-electron chi connectivity index (χ1n) is 13.1. The van der Waals surface area contributed by atoms with Gasteiger partial charge >= 0.3 is 0 Å². The number of carbonyl (C=O) groups is 2. The summed E-state index contributed by atoms with van der Waals surface area (Å²) in [5.74, 6) is 0.00401. The average Bonchev–Trinajstić information content (AvgIpc) is 3.35. The molecule has 4 aromatic rings. The van der Waals surface area contributed by atoms with Crippen molar-refractivity contribution in [3.8, 4) is 11.5 Å². The number of hydrogen-bond acceptors (Lipinski definition) is 6. The first kappa shape index (κ1) is 28.5. The number of benzene rings is 3. The fourth-order valence-corrected chi connectivity index (χ4v) is 4.52. The van der Waals surface area contributed by atoms with Gasteiger partial charge in [-0.05, 0) is 48.2 Å². The first-order valence-corrected chi connectivity index (χ1v) is 13.1. The van der Waals surface area contributed by atoms with Gasteiger partial charge in [-0.3, -0.25) is 9.59 Å². The van der Waals surface area contributed by atoms with Crippen LogP contribution in [0.25, 0.3) is 11.0 Å². The Bertz CT molecular complexity index is 1450. The van der Waals surface area contributed by atoms with E-state index in [2.05, 4.69) is 29.5 Å². The molecule has 0 spiro atoms. The number of ether oxygens (including phenoxy) is 2. The van der Waals surface area contributed by atoms with Crippen molar-refractivity contribution in [1.82, 2.24) is 25.2 Å². The van der Waals surface area contributed by atoms with E-state index in [4.69, 9.17) is 9.47 Å². The summed E-state index contributed by atoms with van der Waals surface area (Å²) in [4.78, 5) is 29.5. The van der Waals surface area contributed by atoms with E-state index in [0.717, 1.165) is 6.42 Å². The van der Waals surface area contributed by atoms with Crippen molar-refractivity contribution < 1.29 is 23.5 Å². The van der Waals surface area contributed by atoms with Crippen LogP contribution in [0, 0.1) is 11.7 Å². The van der Waals surface area contributed by atoms with Crippen LogP contribution in [0.1, 0.15) is 37.4 Å². The molecule has 0 aliphatic rings. The third-order valence-corrected chi connectivity index (χ3v) is 6.60. The summed E-state index contributed by atoms with van der Waals surface area (Å²) >= 11 is 0. The molecule has 210 valence electrons. The Balaban J connectivity index is 1.80. The number of hydrogen-bond donors (Lipinski definition) is 1. The number of halogens is 1. The fourth-order valence-electron chi connectivity index (χ4n) is 4.52. The molecule has 0 unspecified atom stereocenters. The van der Waals surface area contributed by atoms with Gasteiger partial charge in [-0.15, -0.1) is 5.10 Å². The lowest BCUT2D eigenvalue weighted by Gasteiger charge is -2.32. The van der Waals surface area contributed by atoms with Crippen molar-refractivity contribution in [3.63, 3.8) is 0 Å². The quantitative estimate of drug-likeness (QED) is 0.280. The van der Waals surface area contributed by atoms with Gasteiger partial charge < -0.3 is 19.7 Å². The van der Waals surface area contributed by atoms with E-state index in [1.807, 2.05) is 24.3 Å². The van der Waals surface area contributed by atoms with Gasteiger partial charge in [-0.2, -0.15) is 0 Å². The Kier molecular flexibility index (Phi) is 9.31. The Morgan fingerprint density at radius 3 is 2.45 bits per heavy atom. The van der Waals surface area contributed by atoms with Crippen LogP contribution >= 0.6 is 0 Å². The zero-order chi connectivity index (χ0) is 28.6. The molecule has 0 bridgehead atoms. The smallest absolute Gasteiger partial charge is 0.247 e. The molecule has 0 fully saturated rings. The second-order valence-corrected chi connectivity index (χ2v) is 9.84. The average molecular weight is 548 g/mol. The van der Waals surface area contributed by atoms with Crippen molar-refractivity contribution in [3.05, 3.63) is 83.7 Å². The summed E-state index contributed by atoms with van der Waals surface area (Å²) < 4.78 is 26.4. The highest BCUT2D eigenvalue weighted by molar-refractivity contribution is 5.90. The first-order chi connectivity index (χ1) is 19.3. The summed E-state index contributed by atoms with van der Waals surface area (Å²) in [6, 6.07) is 17.3. The molecule has 2 amide bonds. The number of methoxy groups -OCH3 is 2. The largest absolute Gasteiger partial charge is 0.493 e. The van der Waals surface area contributed by atoms with E-state index in [1.54, 1.807) is 30.3 Å². The molecule has 0 saturated heterocycles. The lowest BCUT2D eigenvalue weighted by atomic mass is 10.0. The third kappa shape index (κ3) is 6.56. The maximum absolute atomic E-state index is 14.1. The summed E-state index contributed by atoms with van der Waals surface area (Å²) in [7, 11) is 3.00. The van der Waals surface area contributed by atoms with Gasteiger partial charge in [-0.25, -0.2) is 9.07 Å². The zero-order valence-electron chi connectivity index (χ0n) is 23.1. The van der Waals surface area contributed by atoms with Gasteiger partial charge in [-0.1, -0.05) is 55.5 Å². The molecule has 3 aromatic carbocycles. The third-order valence-electron chi connectivity index (χ3n) is 6.60. The van der Waals surface area contributed by atoms with Crippen LogP contribution in [0.2, 0.25) is 0 Å². The second kappa shape index (κ2) is 13.1. The van der Waals surface area contributed by atoms with Crippen LogP contribution in [-0.2, 0) is 22.7 Å². The van der Waals surface area contributed by atoms with Gasteiger partial charge in [0.15, 0.2) is 11.5 Å². The van der Waals surface area contributed by atoms with E-state index in [0.29, 0.717) is 46.1 Å². The molecule has 1 N–H and O–H groups in total. The minimum atomic E-state index is -1.08. The Labute approximate surface area is 232 Å². The van der Waals surface area contributed by atoms with Crippen molar-refractivity contribution in [1.29, 1.82) is 0 Å². The van der Waals surface area contributed by atoms with Crippen LogP contribution in [-0.4, -0.2) is 52.5 Å². The van der Waals surface area contributed by atoms with Gasteiger partial charge in [0, 0.05) is 18.7 Å². The van der Waals surface area contributed by atoms with Crippen LogP contribution in [0.3, 0.4) is 0 Å². The summed E-state index contributed by atoms with van der Waals surface area (Å²) in [6.07, 6.45) is 0.768. The van der Waals surface area contributed by atoms with Gasteiger partial charge in [0.2, 0.25) is 11.8 Å². The maximum Gasteiger partial charge on any atom is 0.247 e. The van der Waals surface area contributed by atoms with Gasteiger partial charge in [0.25, 0.3) is 0 Å². The van der Waals surface area contributed by atoms with E-state index in [1.165, 1.54) is 35.9 Å². The van der Waals surface area contributed by atoms with Crippen molar-refractivity contribution in [2.24, 2.45) is 5.92 Å². The van der Waals surface area contributed by atoms with E-state index in [9.17, 15) is 14.0 Å². The van der Waals surface area contributed by atoms with Crippen molar-refractivity contribution >= 4 is 22.8 Å². The Morgan fingerprint density at radius 1 is 1.00 bits per heavy atom. The number of para-hydroxylation sites is 2. The molecule has 40 heavy (non-hydrogen) atoms. The molecule has 0 aliphatic heterocycles. The topological polar surface area (TPSA) is 98.6 Å². The van der Waals surface area contributed by atoms with E-state index < -0.39 is 11.9 Å². The maximum atomic E-state index is 14.1. The molecule has 4 rings (SSSR count). The molecule has 1 aromatic heterocycles. The minimum absolute atomic E-state index is 0.0361. The summed E-state index contributed by atoms with van der Waals surface area (Å²) in [5, 5.41) is 11.3. The second-order valence-electron chi connectivity index (χ2n) is 9.84. The normalized spacial score (nSPS) is 11.8. The van der Waals surface area contributed by atoms with Crippen LogP contribution < -0.4 is 14.8 Å². The van der Waals surface area contributed by atoms with E-state index >= 15 is 0 Å². The van der Waals surface area contributed by atoms with E-state index in [-0.39, 0.29) is 24.9 Å². The summed E-state index contributed by atoms with van der Waals surface area (Å²) in [6.45, 7) is 4.45. The number of carbonyl (C=O) groups excluding carboxylic acids is 2. The molecule has 1 heterocycles. The lowest BCUT2D eigenvalue weighted by molar-refractivity contribution is -0.142. The standard InChI is InChI=1S/C30H34FN5O4/c1-20(2)16-17-32-30(38)28(23-8-7-11-26(39-3)29(23)40-4)35(18-21-12-14-22(31)15-13-21)27(37)19-36-25-10-6-5-9-24(25)33-34-36/h5-15,20,28H,16-19H2,1-4H3,(H,32,38)/t28-/m0/s1. The molecule has 1 atom stereocenters. The minimum Gasteiger partial charge on any atom is -0.493 e. The Hall–Kier alpha value is -4.47. The highest BCUT2D eigenvalue weighted by atomic mass is 19.1. The molecular formula is C30H34FN5O4. The molecule has 0 radical (unpaired) electrons. The SMILES string of the molecule is COc1cccc([C@@H](C(=O)NCCC(C)C)N(Cc2ccc(F)cc2)C(=O)Cn2nnc3ccccc32)c1OC. The predicted octanol–water partition coefficient (Wildman–Crippen LogP) is 4.52. The predicted molar refractivity (Wildman–Crippen MR) is 149 cm³/mol. The molecule has 0 saturated carbocycles. The van der Waals surface area contributed by atoms with Gasteiger partial charge in [0.05, 0.1) is 19.7 Å². The molecule has 10 heteroatoms. The van der Waals surface area contributed by atoms with Gasteiger partial charge in [0.1, 0.15) is 23.9 Å². The number of amides is 2. The van der Waals surface area contributed by atoms with Crippen molar-refractivity contribution in [2.75, 3.05) is 20.8 Å². The molecule has 9 nitrogen and oxygen atoms in total.